The lowest BCUT2D eigenvalue weighted by Crippen LogP contribution is -2.42. The Labute approximate surface area is 220 Å². The van der Waals surface area contributed by atoms with Gasteiger partial charge in [0.2, 0.25) is 10.0 Å². The Hall–Kier alpha value is -3.48. The third-order valence-corrected chi connectivity index (χ3v) is 7.74. The van der Waals surface area contributed by atoms with Crippen LogP contribution >= 0.6 is 11.6 Å². The van der Waals surface area contributed by atoms with Gasteiger partial charge < -0.3 is 10.3 Å². The summed E-state index contributed by atoms with van der Waals surface area (Å²) in [5.74, 6) is -1.43. The molecule has 0 aliphatic carbocycles. The molecule has 0 saturated carbocycles. The fraction of sp³-hybridized carbons (Fsp3) is 0.200. The van der Waals surface area contributed by atoms with Crippen LogP contribution in [0.2, 0.25) is 5.02 Å². The molecule has 0 aliphatic heterocycles. The largest absolute Gasteiger partial charge is 0.404 e. The highest BCUT2D eigenvalue weighted by molar-refractivity contribution is 7.89. The third kappa shape index (κ3) is 5.11. The molecule has 0 unspecified atom stereocenters. The molecule has 200 valence electrons. The molecule has 0 bridgehead atoms. The van der Waals surface area contributed by atoms with Gasteiger partial charge in [0.15, 0.2) is 0 Å². The van der Waals surface area contributed by atoms with E-state index in [0.717, 1.165) is 12.3 Å². The molecule has 4 rings (SSSR count). The number of alkyl halides is 3. The summed E-state index contributed by atoms with van der Waals surface area (Å²) < 4.78 is 81.6. The highest BCUT2D eigenvalue weighted by Crippen LogP contribution is 2.37. The van der Waals surface area contributed by atoms with E-state index in [4.69, 9.17) is 17.3 Å². The number of sulfonamides is 1. The van der Waals surface area contributed by atoms with Crippen molar-refractivity contribution in [1.29, 1.82) is 0 Å². The normalized spacial score (nSPS) is 13.1. The van der Waals surface area contributed by atoms with E-state index >= 15 is 0 Å². The summed E-state index contributed by atoms with van der Waals surface area (Å²) in [4.78, 5) is 16.3. The second kappa shape index (κ2) is 10.0. The minimum atomic E-state index is -4.79. The Bertz CT molecular complexity index is 1630. The van der Waals surface area contributed by atoms with Crippen LogP contribution in [0.4, 0.5) is 17.6 Å². The number of carbonyl (C=O) groups is 1. The maximum Gasteiger partial charge on any atom is 0.404 e. The molecule has 0 spiro atoms. The summed E-state index contributed by atoms with van der Waals surface area (Å²) in [5, 5.41) is 0.645. The van der Waals surface area contributed by atoms with Gasteiger partial charge in [0.25, 0.3) is 5.91 Å². The molecule has 0 saturated heterocycles. The summed E-state index contributed by atoms with van der Waals surface area (Å²) in [7, 11) is -4.57. The van der Waals surface area contributed by atoms with E-state index in [1.165, 1.54) is 12.1 Å². The Morgan fingerprint density at radius 3 is 2.34 bits per heavy atom. The van der Waals surface area contributed by atoms with E-state index in [2.05, 4.69) is 4.98 Å². The molecule has 1 atom stereocenters. The van der Waals surface area contributed by atoms with Gasteiger partial charge in [-0.2, -0.15) is 17.9 Å². The predicted octanol–water partition coefficient (Wildman–Crippen LogP) is 5.38. The van der Waals surface area contributed by atoms with Gasteiger partial charge in [0, 0.05) is 22.3 Å². The molecule has 2 heterocycles. The Balaban J connectivity index is 1.96. The van der Waals surface area contributed by atoms with E-state index in [-0.39, 0.29) is 22.3 Å². The number of hydrogen-bond donors (Lipinski definition) is 2. The maximum absolute atomic E-state index is 14.8. The molecule has 1 amide bonds. The monoisotopic (exact) mass is 568 g/mol. The van der Waals surface area contributed by atoms with E-state index in [0.29, 0.717) is 35.1 Å². The molecular weight excluding hydrogens is 548 g/mol. The summed E-state index contributed by atoms with van der Waals surface area (Å²) >= 11 is 6.04. The summed E-state index contributed by atoms with van der Waals surface area (Å²) in [6, 6.07) is 9.27. The van der Waals surface area contributed by atoms with Crippen LogP contribution in [0, 0.1) is 5.82 Å². The van der Waals surface area contributed by atoms with Crippen LogP contribution in [0.5, 0.6) is 0 Å². The molecule has 0 aliphatic rings. The average molecular weight is 569 g/mol. The van der Waals surface area contributed by atoms with Crippen molar-refractivity contribution >= 4 is 38.4 Å². The fourth-order valence-electron chi connectivity index (χ4n) is 4.02. The first-order chi connectivity index (χ1) is 17.7. The Kier molecular flexibility index (Phi) is 7.26. The average Bonchev–Trinajstić information content (AvgIpc) is 3.17. The molecule has 4 aromatic rings. The second-order valence-electron chi connectivity index (χ2n) is 8.48. The van der Waals surface area contributed by atoms with Gasteiger partial charge in [0.1, 0.15) is 16.8 Å². The number of nitrogens with zero attached hydrogens (tertiary/aromatic N) is 2. The van der Waals surface area contributed by atoms with Crippen molar-refractivity contribution in [2.75, 3.05) is 0 Å². The maximum atomic E-state index is 14.8. The van der Waals surface area contributed by atoms with E-state index in [9.17, 15) is 30.8 Å². The second-order valence-corrected chi connectivity index (χ2v) is 10.6. The number of pyridine rings is 1. The number of hydrogen-bond acceptors (Lipinski definition) is 4. The number of amides is 1. The molecule has 0 fully saturated rings. The first-order valence-electron chi connectivity index (χ1n) is 11.2. The van der Waals surface area contributed by atoms with Crippen molar-refractivity contribution in [3.63, 3.8) is 0 Å². The lowest BCUT2D eigenvalue weighted by molar-refractivity contribution is -0.147. The predicted molar refractivity (Wildman–Crippen MR) is 135 cm³/mol. The number of carbonyl (C=O) groups excluding carboxylic acids is 1. The number of halogens is 5. The van der Waals surface area contributed by atoms with Gasteiger partial charge in [-0.1, -0.05) is 18.5 Å². The minimum Gasteiger partial charge on any atom is -0.366 e. The van der Waals surface area contributed by atoms with Crippen LogP contribution in [-0.4, -0.2) is 36.1 Å². The topological polar surface area (TPSA) is 107 Å². The van der Waals surface area contributed by atoms with Gasteiger partial charge in [-0.25, -0.2) is 12.8 Å². The molecule has 0 radical (unpaired) electrons. The standard InChI is InChI=1S/C25H21ClF4N4O3S/c1-3-14-10-21-18(11-19(14)27)22(24(31)35)23(34(21)16-6-4-15(26)5-7-16)20-9-8-17(12-32-20)38(36,37)33-13(2)25(28,29)30/h4-13,33H,3H2,1-2H3,(H2,31,35)/t13-/m0/s1. The number of rotatable bonds is 7. The lowest BCUT2D eigenvalue weighted by Gasteiger charge is -2.17. The zero-order chi connectivity index (χ0) is 28.0. The number of nitrogens with two attached hydrogens (primary N) is 1. The van der Waals surface area contributed by atoms with Crippen molar-refractivity contribution in [2.45, 2.75) is 37.4 Å². The fourth-order valence-corrected chi connectivity index (χ4v) is 5.32. The van der Waals surface area contributed by atoms with Crippen molar-refractivity contribution in [3.8, 4) is 17.1 Å². The van der Waals surface area contributed by atoms with Crippen LogP contribution in [0.15, 0.2) is 59.6 Å². The van der Waals surface area contributed by atoms with Crippen molar-refractivity contribution < 1.29 is 30.8 Å². The first kappa shape index (κ1) is 27.6. The van der Waals surface area contributed by atoms with Crippen LogP contribution in [0.1, 0.15) is 29.8 Å². The number of fused-ring (bicyclic) bond motifs is 1. The smallest absolute Gasteiger partial charge is 0.366 e. The summed E-state index contributed by atoms with van der Waals surface area (Å²) in [6.45, 7) is 2.44. The molecule has 2 aromatic carbocycles. The first-order valence-corrected chi connectivity index (χ1v) is 13.1. The molecule has 3 N–H and O–H groups in total. The SMILES string of the molecule is CCc1cc2c(cc1F)c(C(N)=O)c(-c1ccc(S(=O)(=O)N[C@@H](C)C(F)(F)F)cn1)n2-c1ccc(Cl)cc1. The van der Waals surface area contributed by atoms with Crippen molar-refractivity contribution in [2.24, 2.45) is 5.73 Å². The third-order valence-electron chi connectivity index (χ3n) is 5.96. The van der Waals surface area contributed by atoms with Gasteiger partial charge in [-0.3, -0.25) is 9.78 Å². The Morgan fingerprint density at radius 2 is 1.82 bits per heavy atom. The summed E-state index contributed by atoms with van der Waals surface area (Å²) in [6.07, 6.45) is -3.56. The molecule has 13 heteroatoms. The van der Waals surface area contributed by atoms with Gasteiger partial charge in [-0.05, 0) is 67.4 Å². The van der Waals surface area contributed by atoms with Crippen molar-refractivity contribution in [1.82, 2.24) is 14.3 Å². The highest BCUT2D eigenvalue weighted by atomic mass is 35.5. The summed E-state index contributed by atoms with van der Waals surface area (Å²) in [5.41, 5.74) is 7.21. The quantitative estimate of drug-likeness (QED) is 0.292. The molecular formula is C25H21ClF4N4O3S. The van der Waals surface area contributed by atoms with E-state index in [1.54, 1.807) is 46.5 Å². The highest BCUT2D eigenvalue weighted by Gasteiger charge is 2.39. The van der Waals surface area contributed by atoms with Crippen LogP contribution < -0.4 is 10.5 Å². The van der Waals surface area contributed by atoms with Crippen LogP contribution in [0.25, 0.3) is 28.0 Å². The lowest BCUT2D eigenvalue weighted by atomic mass is 10.0. The molecule has 38 heavy (non-hydrogen) atoms. The number of primary amides is 1. The number of aromatic nitrogens is 2. The number of nitrogens with one attached hydrogen (secondary N) is 1. The minimum absolute atomic E-state index is 0.0663. The van der Waals surface area contributed by atoms with Crippen LogP contribution in [0.3, 0.4) is 0 Å². The number of aryl methyl sites for hydroxylation is 1. The Morgan fingerprint density at radius 1 is 1.16 bits per heavy atom. The van der Waals surface area contributed by atoms with Crippen LogP contribution in [-0.2, 0) is 16.4 Å². The van der Waals surface area contributed by atoms with Crippen molar-refractivity contribution in [3.05, 3.63) is 76.7 Å². The molecule has 7 nitrogen and oxygen atoms in total. The zero-order valence-electron chi connectivity index (χ0n) is 20.0. The van der Waals surface area contributed by atoms with Gasteiger partial charge >= 0.3 is 6.18 Å². The zero-order valence-corrected chi connectivity index (χ0v) is 21.5. The van der Waals surface area contributed by atoms with E-state index in [1.807, 2.05) is 0 Å². The van der Waals surface area contributed by atoms with E-state index < -0.39 is 38.9 Å². The number of benzene rings is 2. The van der Waals surface area contributed by atoms with Gasteiger partial charge in [-0.15, -0.1) is 0 Å². The molecule has 2 aromatic heterocycles. The van der Waals surface area contributed by atoms with Gasteiger partial charge in [0.05, 0.1) is 22.5 Å².